The van der Waals surface area contributed by atoms with Crippen LogP contribution in [-0.4, -0.2) is 104 Å². The molecule has 7 rings (SSSR count). The van der Waals surface area contributed by atoms with Crippen molar-refractivity contribution in [2.24, 2.45) is 0 Å². The molecule has 0 aromatic carbocycles. The molecule has 332 valence electrons. The second kappa shape index (κ2) is 16.1. The lowest BCUT2D eigenvalue weighted by Gasteiger charge is -2.44. The molecular weight excluding hydrogens is 931 g/mol. The number of nitrogens with zero attached hydrogens (tertiary/aromatic N) is 6. The van der Waals surface area contributed by atoms with Crippen molar-refractivity contribution in [2.75, 3.05) is 24.7 Å². The average Bonchev–Trinajstić information content (AvgIpc) is 3.86. The van der Waals surface area contributed by atoms with Crippen LogP contribution in [-0.2, 0) is 50.6 Å². The molecular formula is C32H50N10O10P2S4Si2-2. The minimum atomic E-state index is -4.42. The van der Waals surface area contributed by atoms with Crippen LogP contribution < -0.4 is 32.4 Å². The standard InChI is InChI=1S/C32H52N10O10P2S4Si2/c1-31(2,3)59(7,8)51-19-15-11-47-54(46,56)50-22-20(52-60(9,10)32(4,5)6)16(58-28(22)42-14-36-18-24(42)38-30(34)40-26(18)44)12-48-53(45,55)49-21(19)27(57-15)41-13-35-17-23(41)37-29(33)39-25(17)43/h13-16,19-22,27-28H,11-12H2,1-10H3,(H,45,55)(H,46,56)(H3,33,37,39,43)(H3,34,38,40,44)/p-2/t15-,16-,19-,20-,21-,22-,27-,28-,53?,54?/m1/s1. The summed E-state index contributed by atoms with van der Waals surface area (Å²) < 4.78 is 42.5. The lowest BCUT2D eigenvalue weighted by Crippen LogP contribution is -2.51. The number of thioether (sulfide) groups is 2. The van der Waals surface area contributed by atoms with Gasteiger partial charge < -0.3 is 48.2 Å². The molecule has 0 radical (unpaired) electrons. The highest BCUT2D eigenvalue weighted by Crippen LogP contribution is 2.59. The summed E-state index contributed by atoms with van der Waals surface area (Å²) in [5.41, 5.74) is 11.1. The maximum atomic E-state index is 14.7. The van der Waals surface area contributed by atoms with Crippen molar-refractivity contribution in [2.45, 2.75) is 123 Å². The smallest absolute Gasteiger partial charge is 0.280 e. The number of nitrogens with two attached hydrogens (primary N) is 2. The third kappa shape index (κ3) is 9.04. The summed E-state index contributed by atoms with van der Waals surface area (Å²) in [7, 11) is -5.32. The molecule has 4 bridgehead atoms. The van der Waals surface area contributed by atoms with Crippen molar-refractivity contribution in [1.82, 2.24) is 39.0 Å². The number of hydrogen-bond donors (Lipinski definition) is 4. The molecule has 3 saturated heterocycles. The molecule has 0 aliphatic carbocycles. The van der Waals surface area contributed by atoms with Crippen LogP contribution in [0, 0.1) is 0 Å². The Morgan fingerprint density at radius 2 is 1.10 bits per heavy atom. The van der Waals surface area contributed by atoms with Gasteiger partial charge in [-0.2, -0.15) is 9.97 Å². The summed E-state index contributed by atoms with van der Waals surface area (Å²) in [6, 6.07) is 0. The van der Waals surface area contributed by atoms with Gasteiger partial charge in [-0.25, -0.2) is 9.97 Å². The number of nitrogens with one attached hydrogen (secondary N) is 2. The zero-order valence-electron chi connectivity index (χ0n) is 34.6. The normalized spacial score (nSPS) is 32.5. The molecule has 2 unspecified atom stereocenters. The Morgan fingerprint density at radius 3 is 1.43 bits per heavy atom. The van der Waals surface area contributed by atoms with Crippen LogP contribution in [0.15, 0.2) is 22.2 Å². The van der Waals surface area contributed by atoms with E-state index in [2.05, 4.69) is 71.4 Å². The molecule has 3 aliphatic heterocycles. The molecule has 0 amide bonds. The number of fused-ring (bicyclic) bond motifs is 6. The van der Waals surface area contributed by atoms with Gasteiger partial charge in [0.05, 0.1) is 48.6 Å². The molecule has 60 heavy (non-hydrogen) atoms. The maximum Gasteiger partial charge on any atom is 0.280 e. The van der Waals surface area contributed by atoms with Crippen LogP contribution >= 0.6 is 37.0 Å². The van der Waals surface area contributed by atoms with Gasteiger partial charge in [0.1, 0.15) is 36.4 Å². The monoisotopic (exact) mass is 980 g/mol. The summed E-state index contributed by atoms with van der Waals surface area (Å²) in [5, 5.41) is -3.64. The Morgan fingerprint density at radius 1 is 0.750 bits per heavy atom. The second-order valence-corrected chi connectivity index (χ2v) is 35.6. The van der Waals surface area contributed by atoms with Crippen molar-refractivity contribution in [3.05, 3.63) is 33.4 Å². The van der Waals surface area contributed by atoms with E-state index in [1.54, 1.807) is 9.13 Å². The van der Waals surface area contributed by atoms with Gasteiger partial charge in [0.25, 0.3) is 11.1 Å². The van der Waals surface area contributed by atoms with Crippen LogP contribution in [0.5, 0.6) is 0 Å². The molecule has 7 heterocycles. The number of anilines is 2. The molecule has 4 aromatic rings. The SMILES string of the molecule is CC(C)(C)[Si](C)(C)O[C@H]1[C@H]2OP([O-])(=S)OC[C@H]3S[C@@H](n4cnc5c(=O)[nH]c(N)nc54)[C@H](OP([O-])(=S)OC[C@H]1S[C@H]2n1cnc2c(=O)[nH]c(N)nc21)[C@@H]3O[Si](C)(C)C(C)(C)C. The van der Waals surface area contributed by atoms with Gasteiger partial charge in [-0.3, -0.25) is 28.7 Å². The zero-order chi connectivity index (χ0) is 44.1. The Balaban J connectivity index is 1.34. The van der Waals surface area contributed by atoms with E-state index in [-0.39, 0.29) is 57.5 Å². The van der Waals surface area contributed by atoms with Crippen molar-refractivity contribution < 1.29 is 36.7 Å². The molecule has 10 atom stereocenters. The highest BCUT2D eigenvalue weighted by molar-refractivity contribution is 8.07. The first-order valence-corrected chi connectivity index (χ1v) is 31.8. The summed E-state index contributed by atoms with van der Waals surface area (Å²) in [4.78, 5) is 77.2. The van der Waals surface area contributed by atoms with Crippen molar-refractivity contribution in [3.63, 3.8) is 0 Å². The largest absolute Gasteiger partial charge is 0.780 e. The fraction of sp³-hybridized carbons (Fsp3) is 0.688. The number of aromatic nitrogens is 8. The van der Waals surface area contributed by atoms with Crippen LogP contribution in [0.1, 0.15) is 52.3 Å². The second-order valence-electron chi connectivity index (χ2n) is 18.0. The number of rotatable bonds is 6. The fourth-order valence-electron chi connectivity index (χ4n) is 6.62. The molecule has 28 heteroatoms. The van der Waals surface area contributed by atoms with E-state index in [0.29, 0.717) is 0 Å². The highest BCUT2D eigenvalue weighted by Gasteiger charge is 2.55. The Hall–Kier alpha value is -1.59. The van der Waals surface area contributed by atoms with Crippen LogP contribution in [0.2, 0.25) is 36.3 Å². The first kappa shape index (κ1) is 46.4. The number of aromatic amines is 2. The number of nitrogen functional groups attached to an aromatic ring is 2. The Kier molecular flexibility index (Phi) is 12.5. The van der Waals surface area contributed by atoms with Gasteiger partial charge in [-0.15, -0.1) is 23.5 Å². The van der Waals surface area contributed by atoms with Crippen molar-refractivity contribution in [3.8, 4) is 0 Å². The summed E-state index contributed by atoms with van der Waals surface area (Å²) in [6.45, 7) is 11.2. The van der Waals surface area contributed by atoms with Gasteiger partial charge >= 0.3 is 0 Å². The van der Waals surface area contributed by atoms with E-state index in [1.807, 2.05) is 26.2 Å². The lowest BCUT2D eigenvalue weighted by molar-refractivity contribution is -0.219. The quantitative estimate of drug-likeness (QED) is 0.159. The van der Waals surface area contributed by atoms with Gasteiger partial charge in [-0.1, -0.05) is 65.2 Å². The Bertz CT molecular complexity index is 2340. The zero-order valence-corrected chi connectivity index (χ0v) is 41.7. The first-order valence-electron chi connectivity index (χ1n) is 19.0. The maximum absolute atomic E-state index is 14.7. The van der Waals surface area contributed by atoms with Crippen molar-refractivity contribution in [1.29, 1.82) is 0 Å². The number of hydrogen-bond acceptors (Lipinski definition) is 20. The van der Waals surface area contributed by atoms with E-state index >= 15 is 0 Å². The van der Waals surface area contributed by atoms with Gasteiger partial charge in [0.2, 0.25) is 11.9 Å². The fourth-order valence-corrected chi connectivity index (χ4v) is 15.7. The summed E-state index contributed by atoms with van der Waals surface area (Å²) >= 11 is 13.9. The molecule has 4 aromatic heterocycles. The molecule has 6 N–H and O–H groups in total. The van der Waals surface area contributed by atoms with E-state index in [0.717, 1.165) is 0 Å². The highest BCUT2D eigenvalue weighted by atomic mass is 32.5. The molecule has 20 nitrogen and oxygen atoms in total. The predicted molar refractivity (Wildman–Crippen MR) is 240 cm³/mol. The molecule has 3 aliphatic rings. The molecule has 0 spiro atoms. The number of H-pyrrole nitrogens is 2. The van der Waals surface area contributed by atoms with Gasteiger partial charge in [0, 0.05) is 0 Å². The first-order chi connectivity index (χ1) is 27.6. The van der Waals surface area contributed by atoms with Crippen molar-refractivity contribution >= 4 is 111 Å². The number of imidazole rings is 2. The summed E-state index contributed by atoms with van der Waals surface area (Å²) in [6.07, 6.45) is -1.20. The van der Waals surface area contributed by atoms with E-state index < -0.39 is 86.9 Å². The summed E-state index contributed by atoms with van der Waals surface area (Å²) in [5.74, 6) is -0.280. The predicted octanol–water partition coefficient (Wildman–Crippen LogP) is 3.41. The Labute approximate surface area is 366 Å². The van der Waals surface area contributed by atoms with Gasteiger partial charge in [-0.05, 0) is 36.3 Å². The minimum Gasteiger partial charge on any atom is -0.780 e. The molecule has 3 fully saturated rings. The van der Waals surface area contributed by atoms with Crippen LogP contribution in [0.4, 0.5) is 11.9 Å². The van der Waals surface area contributed by atoms with E-state index in [4.69, 9.17) is 62.0 Å². The third-order valence-electron chi connectivity index (χ3n) is 11.8. The van der Waals surface area contributed by atoms with E-state index in [1.165, 1.54) is 36.2 Å². The van der Waals surface area contributed by atoms with E-state index in [9.17, 15) is 19.4 Å². The third-order valence-corrected chi connectivity index (χ3v) is 26.9. The minimum absolute atomic E-state index is 0.0146. The average molecular weight is 981 g/mol. The lowest BCUT2D eigenvalue weighted by atomic mass is 10.1. The molecule has 0 saturated carbocycles. The topological polar surface area (TPSA) is 281 Å². The van der Waals surface area contributed by atoms with Crippen LogP contribution in [0.3, 0.4) is 0 Å². The van der Waals surface area contributed by atoms with Gasteiger partial charge in [0.15, 0.2) is 39.0 Å². The van der Waals surface area contributed by atoms with Crippen LogP contribution in [0.25, 0.3) is 22.3 Å².